The van der Waals surface area contributed by atoms with Gasteiger partial charge in [0.25, 0.3) is 0 Å². The molecule has 1 N–H and O–H groups in total. The van der Waals surface area contributed by atoms with E-state index in [-0.39, 0.29) is 30.2 Å². The van der Waals surface area contributed by atoms with Crippen LogP contribution in [-0.2, 0) is 19.1 Å². The highest BCUT2D eigenvalue weighted by molar-refractivity contribution is 5.90. The summed E-state index contributed by atoms with van der Waals surface area (Å²) in [5, 5.41) is 2.91. The Hall–Kier alpha value is -2.65. The van der Waals surface area contributed by atoms with Gasteiger partial charge >= 0.3 is 0 Å². The molecule has 9 nitrogen and oxygen atoms in total. The summed E-state index contributed by atoms with van der Waals surface area (Å²) in [4.78, 5) is 44.6. The minimum absolute atomic E-state index is 0.00611. The van der Waals surface area contributed by atoms with Gasteiger partial charge in [-0.25, -0.2) is 0 Å². The van der Waals surface area contributed by atoms with Crippen molar-refractivity contribution in [3.05, 3.63) is 29.8 Å². The molecule has 1 aromatic rings. The van der Waals surface area contributed by atoms with Crippen molar-refractivity contribution in [3.63, 3.8) is 0 Å². The number of benzene rings is 1. The Labute approximate surface area is 208 Å². The smallest absolute Gasteiger partial charge is 0.234 e. The number of hydrogen-bond acceptors (Lipinski definition) is 6. The number of methoxy groups -OCH3 is 2. The predicted octanol–water partition coefficient (Wildman–Crippen LogP) is 1.68. The molecule has 0 aliphatic carbocycles. The van der Waals surface area contributed by atoms with Gasteiger partial charge in [0, 0.05) is 59.4 Å². The molecular formula is C26H40N4O5. The van der Waals surface area contributed by atoms with Crippen LogP contribution in [0.3, 0.4) is 0 Å². The highest BCUT2D eigenvalue weighted by Gasteiger charge is 2.45. The minimum atomic E-state index is -0.400. The second-order valence-corrected chi connectivity index (χ2v) is 9.27. The predicted molar refractivity (Wildman–Crippen MR) is 133 cm³/mol. The molecule has 2 unspecified atom stereocenters. The summed E-state index contributed by atoms with van der Waals surface area (Å²) in [6.07, 6.45) is 2.92. The van der Waals surface area contributed by atoms with Crippen LogP contribution in [0.1, 0.15) is 44.2 Å². The summed E-state index contributed by atoms with van der Waals surface area (Å²) < 4.78 is 10.3. The molecule has 2 heterocycles. The first-order chi connectivity index (χ1) is 17.0. The number of rotatable bonds is 12. The van der Waals surface area contributed by atoms with Gasteiger partial charge in [-0.2, -0.15) is 0 Å². The molecule has 3 rings (SSSR count). The van der Waals surface area contributed by atoms with E-state index in [9.17, 15) is 14.4 Å². The van der Waals surface area contributed by atoms with Gasteiger partial charge in [0.15, 0.2) is 0 Å². The van der Waals surface area contributed by atoms with Gasteiger partial charge in [0.1, 0.15) is 5.75 Å². The Balaban J connectivity index is 1.61. The molecule has 0 radical (unpaired) electrons. The summed E-state index contributed by atoms with van der Waals surface area (Å²) in [5.74, 6) is 0.417. The molecule has 2 fully saturated rings. The molecule has 2 atom stereocenters. The number of unbranched alkanes of at least 4 members (excludes halogenated alkanes) is 1. The molecule has 3 amide bonds. The standard InChI is InChI=1S/C26H40N4O5/c1-4-5-12-30-24(32)18-22(25(30)20-7-9-21(35-3)10-8-20)26(33)29-15-13-28(14-16-29)19-23(31)27-11-6-17-34-2/h7-10,22,25H,4-6,11-19H2,1-3H3,(H,27,31). The van der Waals surface area contributed by atoms with Crippen molar-refractivity contribution >= 4 is 17.7 Å². The van der Waals surface area contributed by atoms with Crippen LogP contribution in [0.15, 0.2) is 24.3 Å². The summed E-state index contributed by atoms with van der Waals surface area (Å²) in [7, 11) is 3.27. The van der Waals surface area contributed by atoms with E-state index < -0.39 is 5.92 Å². The molecule has 0 spiro atoms. The third kappa shape index (κ3) is 7.18. The van der Waals surface area contributed by atoms with E-state index in [4.69, 9.17) is 9.47 Å². The van der Waals surface area contributed by atoms with Crippen molar-refractivity contribution in [3.8, 4) is 5.75 Å². The van der Waals surface area contributed by atoms with Crippen LogP contribution < -0.4 is 10.1 Å². The average molecular weight is 489 g/mol. The lowest BCUT2D eigenvalue weighted by molar-refractivity contribution is -0.138. The molecule has 1 aromatic carbocycles. The Kier molecular flexibility index (Phi) is 10.3. The fourth-order valence-corrected chi connectivity index (χ4v) is 4.88. The summed E-state index contributed by atoms with van der Waals surface area (Å²) in [6.45, 7) is 6.72. The lowest BCUT2D eigenvalue weighted by atomic mass is 9.92. The van der Waals surface area contributed by atoms with Crippen molar-refractivity contribution in [2.75, 3.05) is 66.6 Å². The van der Waals surface area contributed by atoms with Crippen LogP contribution in [0.4, 0.5) is 0 Å². The summed E-state index contributed by atoms with van der Waals surface area (Å²) in [6, 6.07) is 7.44. The van der Waals surface area contributed by atoms with Crippen molar-refractivity contribution in [2.24, 2.45) is 5.92 Å². The first-order valence-electron chi connectivity index (χ1n) is 12.7. The quantitative estimate of drug-likeness (QED) is 0.450. The number of hydrogen-bond donors (Lipinski definition) is 1. The third-order valence-corrected chi connectivity index (χ3v) is 6.86. The molecule has 0 aromatic heterocycles. The first kappa shape index (κ1) is 26.9. The SMILES string of the molecule is CCCCN1C(=O)CC(C(=O)N2CCN(CC(=O)NCCCOC)CC2)C1c1ccc(OC)cc1. The van der Waals surface area contributed by atoms with Crippen molar-refractivity contribution in [2.45, 2.75) is 38.6 Å². The number of carbonyl (C=O) groups excluding carboxylic acids is 3. The molecule has 0 saturated carbocycles. The third-order valence-electron chi connectivity index (χ3n) is 6.86. The van der Waals surface area contributed by atoms with Gasteiger partial charge in [0.05, 0.1) is 25.6 Å². The fraction of sp³-hybridized carbons (Fsp3) is 0.654. The van der Waals surface area contributed by atoms with Gasteiger partial charge in [-0.3, -0.25) is 19.3 Å². The molecule has 2 aliphatic heterocycles. The van der Waals surface area contributed by atoms with E-state index in [1.807, 2.05) is 34.1 Å². The van der Waals surface area contributed by atoms with Gasteiger partial charge in [-0.05, 0) is 30.5 Å². The summed E-state index contributed by atoms with van der Waals surface area (Å²) in [5.41, 5.74) is 0.967. The van der Waals surface area contributed by atoms with E-state index in [0.29, 0.717) is 52.4 Å². The molecular weight excluding hydrogens is 448 g/mol. The normalized spacial score (nSPS) is 20.8. The molecule has 35 heavy (non-hydrogen) atoms. The molecule has 194 valence electrons. The molecule has 2 aliphatic rings. The first-order valence-corrected chi connectivity index (χ1v) is 12.7. The Morgan fingerprint density at radius 2 is 1.77 bits per heavy atom. The number of amides is 3. The number of carbonyl (C=O) groups is 3. The maximum absolute atomic E-state index is 13.6. The van der Waals surface area contributed by atoms with E-state index >= 15 is 0 Å². The van der Waals surface area contributed by atoms with Crippen molar-refractivity contribution in [1.82, 2.24) is 20.0 Å². The van der Waals surface area contributed by atoms with E-state index in [1.54, 1.807) is 14.2 Å². The van der Waals surface area contributed by atoms with Crippen LogP contribution in [0.25, 0.3) is 0 Å². The molecule has 0 bridgehead atoms. The lowest BCUT2D eigenvalue weighted by Crippen LogP contribution is -2.52. The Morgan fingerprint density at radius 3 is 2.40 bits per heavy atom. The number of piperazine rings is 1. The van der Waals surface area contributed by atoms with Crippen LogP contribution in [0.5, 0.6) is 5.75 Å². The number of ether oxygens (including phenoxy) is 2. The Bertz CT molecular complexity index is 839. The van der Waals surface area contributed by atoms with Crippen molar-refractivity contribution < 1.29 is 23.9 Å². The van der Waals surface area contributed by atoms with Gasteiger partial charge in [-0.15, -0.1) is 0 Å². The Morgan fingerprint density at radius 1 is 1.06 bits per heavy atom. The van der Waals surface area contributed by atoms with Crippen LogP contribution >= 0.6 is 0 Å². The zero-order valence-corrected chi connectivity index (χ0v) is 21.3. The minimum Gasteiger partial charge on any atom is -0.497 e. The maximum atomic E-state index is 13.6. The highest BCUT2D eigenvalue weighted by atomic mass is 16.5. The second-order valence-electron chi connectivity index (χ2n) is 9.27. The van der Waals surface area contributed by atoms with E-state index in [2.05, 4.69) is 17.1 Å². The topological polar surface area (TPSA) is 91.4 Å². The highest BCUT2D eigenvalue weighted by Crippen LogP contribution is 2.40. The number of nitrogens with zero attached hydrogens (tertiary/aromatic N) is 3. The van der Waals surface area contributed by atoms with Gasteiger partial charge in [0.2, 0.25) is 17.7 Å². The van der Waals surface area contributed by atoms with Gasteiger partial charge in [-0.1, -0.05) is 25.5 Å². The summed E-state index contributed by atoms with van der Waals surface area (Å²) >= 11 is 0. The van der Waals surface area contributed by atoms with Crippen LogP contribution in [0.2, 0.25) is 0 Å². The maximum Gasteiger partial charge on any atom is 0.234 e. The zero-order valence-electron chi connectivity index (χ0n) is 21.3. The number of likely N-dealkylation sites (tertiary alicyclic amines) is 1. The average Bonchev–Trinajstić information content (AvgIpc) is 3.21. The molecule has 9 heteroatoms. The lowest BCUT2D eigenvalue weighted by Gasteiger charge is -2.37. The van der Waals surface area contributed by atoms with Crippen LogP contribution in [-0.4, -0.2) is 99.1 Å². The number of nitrogens with one attached hydrogen (secondary N) is 1. The molecule has 2 saturated heterocycles. The van der Waals surface area contributed by atoms with Crippen LogP contribution in [0, 0.1) is 5.92 Å². The fourth-order valence-electron chi connectivity index (χ4n) is 4.88. The van der Waals surface area contributed by atoms with E-state index in [1.165, 1.54) is 0 Å². The van der Waals surface area contributed by atoms with E-state index in [0.717, 1.165) is 30.6 Å². The largest absolute Gasteiger partial charge is 0.497 e. The van der Waals surface area contributed by atoms with Gasteiger partial charge < -0.3 is 24.6 Å². The zero-order chi connectivity index (χ0) is 25.2. The second kappa shape index (κ2) is 13.4. The monoisotopic (exact) mass is 488 g/mol. The van der Waals surface area contributed by atoms with Crippen molar-refractivity contribution in [1.29, 1.82) is 0 Å².